The highest BCUT2D eigenvalue weighted by molar-refractivity contribution is 5.09. The molecule has 140 valence electrons. The zero-order valence-corrected chi connectivity index (χ0v) is 10.6. The SMILES string of the molecule is OCCCC(F)(F)C(F)(F)C(F)(F)C(F)(F)C(F)(F)C(O)(F)F. The second-order valence-corrected chi connectivity index (χ2v) is 4.37. The molecule has 0 aliphatic carbocycles. The normalized spacial score (nSPS) is 15.9. The highest BCUT2D eigenvalue weighted by atomic mass is 19.4. The Labute approximate surface area is 119 Å². The third-order valence-corrected chi connectivity index (χ3v) is 2.67. The minimum Gasteiger partial charge on any atom is -0.396 e. The molecule has 0 bridgehead atoms. The van der Waals surface area contributed by atoms with Crippen LogP contribution in [0.4, 0.5) is 52.7 Å². The van der Waals surface area contributed by atoms with Crippen molar-refractivity contribution >= 4 is 0 Å². The van der Waals surface area contributed by atoms with Crippen molar-refractivity contribution in [3.63, 3.8) is 0 Å². The number of alkyl halides is 12. The maximum atomic E-state index is 13.0. The van der Waals surface area contributed by atoms with Gasteiger partial charge in [0, 0.05) is 13.0 Å². The zero-order valence-electron chi connectivity index (χ0n) is 10.6. The third-order valence-electron chi connectivity index (χ3n) is 2.67. The molecule has 0 aliphatic heterocycles. The minimum absolute atomic E-state index is 1.27. The Morgan fingerprint density at radius 2 is 0.913 bits per heavy atom. The van der Waals surface area contributed by atoms with Crippen LogP contribution in [0, 0.1) is 0 Å². The summed E-state index contributed by atoms with van der Waals surface area (Å²) in [6, 6.07) is 0. The van der Waals surface area contributed by atoms with Crippen LogP contribution in [-0.2, 0) is 0 Å². The van der Waals surface area contributed by atoms with E-state index < -0.39 is 55.2 Å². The molecule has 0 heterocycles. The van der Waals surface area contributed by atoms with Crippen LogP contribution in [0.15, 0.2) is 0 Å². The molecule has 0 saturated heterocycles. The number of rotatable bonds is 8. The van der Waals surface area contributed by atoms with Crippen molar-refractivity contribution in [2.75, 3.05) is 6.61 Å². The van der Waals surface area contributed by atoms with Gasteiger partial charge in [-0.3, -0.25) is 0 Å². The van der Waals surface area contributed by atoms with Crippen LogP contribution in [0.25, 0.3) is 0 Å². The second-order valence-electron chi connectivity index (χ2n) is 4.37. The van der Waals surface area contributed by atoms with E-state index in [1.807, 2.05) is 0 Å². The van der Waals surface area contributed by atoms with Crippen molar-refractivity contribution in [2.24, 2.45) is 0 Å². The summed E-state index contributed by atoms with van der Waals surface area (Å²) in [6.07, 6.45) is -10.5. The minimum atomic E-state index is -7.75. The molecule has 0 aromatic carbocycles. The summed E-state index contributed by atoms with van der Waals surface area (Å²) in [7, 11) is 0. The summed E-state index contributed by atoms with van der Waals surface area (Å²) >= 11 is 0. The fourth-order valence-corrected chi connectivity index (χ4v) is 1.27. The first kappa shape index (κ1) is 22.1. The molecular weight excluding hydrogens is 368 g/mol. The van der Waals surface area contributed by atoms with Crippen LogP contribution in [0.1, 0.15) is 12.8 Å². The highest BCUT2D eigenvalue weighted by Crippen LogP contribution is 2.60. The summed E-state index contributed by atoms with van der Waals surface area (Å²) in [5.41, 5.74) is 0. The van der Waals surface area contributed by atoms with Gasteiger partial charge in [0.15, 0.2) is 0 Å². The van der Waals surface area contributed by atoms with Gasteiger partial charge in [-0.15, -0.1) is 0 Å². The van der Waals surface area contributed by atoms with Crippen molar-refractivity contribution in [3.05, 3.63) is 0 Å². The molecule has 0 rings (SSSR count). The lowest BCUT2D eigenvalue weighted by atomic mass is 9.92. The van der Waals surface area contributed by atoms with Gasteiger partial charge in [-0.1, -0.05) is 0 Å². The number of hydrogen-bond donors (Lipinski definition) is 2. The molecule has 0 spiro atoms. The third kappa shape index (κ3) is 3.19. The molecule has 23 heavy (non-hydrogen) atoms. The predicted octanol–water partition coefficient (Wildman–Crippen LogP) is 3.52. The van der Waals surface area contributed by atoms with E-state index >= 15 is 0 Å². The maximum absolute atomic E-state index is 13.0. The molecule has 0 saturated carbocycles. The van der Waals surface area contributed by atoms with Crippen LogP contribution < -0.4 is 0 Å². The van der Waals surface area contributed by atoms with Gasteiger partial charge < -0.3 is 10.2 Å². The molecule has 14 heteroatoms. The molecular formula is C9H8F12O2. The van der Waals surface area contributed by atoms with E-state index in [1.165, 1.54) is 0 Å². The fraction of sp³-hybridized carbons (Fsp3) is 1.00. The van der Waals surface area contributed by atoms with Gasteiger partial charge in [0.1, 0.15) is 0 Å². The van der Waals surface area contributed by atoms with Crippen LogP contribution >= 0.6 is 0 Å². The molecule has 0 amide bonds. The average molecular weight is 376 g/mol. The van der Waals surface area contributed by atoms with Crippen molar-refractivity contribution in [2.45, 2.75) is 48.6 Å². The summed E-state index contributed by atoms with van der Waals surface area (Å²) < 4.78 is 152. The molecule has 0 unspecified atom stereocenters. The van der Waals surface area contributed by atoms with Crippen LogP contribution in [-0.4, -0.2) is 52.5 Å². The lowest BCUT2D eigenvalue weighted by molar-refractivity contribution is -0.451. The van der Waals surface area contributed by atoms with Crippen molar-refractivity contribution in [1.82, 2.24) is 0 Å². The Balaban J connectivity index is 6.03. The van der Waals surface area contributed by atoms with E-state index in [0.29, 0.717) is 0 Å². The topological polar surface area (TPSA) is 40.5 Å². The number of aliphatic hydroxyl groups is 2. The monoisotopic (exact) mass is 376 g/mol. The molecule has 0 aromatic heterocycles. The molecule has 0 fully saturated rings. The molecule has 0 atom stereocenters. The second kappa shape index (κ2) is 5.86. The largest absolute Gasteiger partial charge is 0.423 e. The van der Waals surface area contributed by atoms with Gasteiger partial charge >= 0.3 is 35.7 Å². The first-order chi connectivity index (χ1) is 9.81. The molecule has 0 aliphatic rings. The summed E-state index contributed by atoms with van der Waals surface area (Å²) in [4.78, 5) is 0. The molecule has 2 nitrogen and oxygen atoms in total. The van der Waals surface area contributed by atoms with Gasteiger partial charge in [-0.05, 0) is 6.42 Å². The Hall–Kier alpha value is -0.920. The molecule has 0 radical (unpaired) electrons. The van der Waals surface area contributed by atoms with Crippen molar-refractivity contribution in [3.8, 4) is 0 Å². The Morgan fingerprint density at radius 1 is 0.565 bits per heavy atom. The summed E-state index contributed by atoms with van der Waals surface area (Å²) in [5, 5.41) is 15.6. The van der Waals surface area contributed by atoms with Gasteiger partial charge in [-0.2, -0.15) is 52.7 Å². The Bertz CT molecular complexity index is 413. The highest BCUT2D eigenvalue weighted by Gasteiger charge is 2.90. The lowest BCUT2D eigenvalue weighted by Gasteiger charge is -2.40. The number of aliphatic hydroxyl groups excluding tert-OH is 1. The van der Waals surface area contributed by atoms with E-state index in [4.69, 9.17) is 10.2 Å². The summed E-state index contributed by atoms with van der Waals surface area (Å²) in [6.45, 7) is -1.27. The van der Waals surface area contributed by atoms with Gasteiger partial charge in [-0.25, -0.2) is 0 Å². The van der Waals surface area contributed by atoms with E-state index in [1.54, 1.807) is 0 Å². The van der Waals surface area contributed by atoms with Gasteiger partial charge in [0.05, 0.1) is 0 Å². The van der Waals surface area contributed by atoms with Crippen molar-refractivity contribution in [1.29, 1.82) is 0 Å². The zero-order chi connectivity index (χ0) is 19.1. The summed E-state index contributed by atoms with van der Waals surface area (Å²) in [5.74, 6) is -36.2. The maximum Gasteiger partial charge on any atom is 0.423 e. The van der Waals surface area contributed by atoms with Gasteiger partial charge in [0.2, 0.25) is 0 Å². The first-order valence-electron chi connectivity index (χ1n) is 5.41. The number of hydrogen-bond acceptors (Lipinski definition) is 2. The Kier molecular flexibility index (Phi) is 5.63. The van der Waals surface area contributed by atoms with Crippen LogP contribution in [0.3, 0.4) is 0 Å². The van der Waals surface area contributed by atoms with E-state index in [0.717, 1.165) is 0 Å². The van der Waals surface area contributed by atoms with Crippen molar-refractivity contribution < 1.29 is 62.9 Å². The predicted molar refractivity (Wildman–Crippen MR) is 48.2 cm³/mol. The molecule has 2 N–H and O–H groups in total. The van der Waals surface area contributed by atoms with E-state index in [9.17, 15) is 52.7 Å². The quantitative estimate of drug-likeness (QED) is 0.637. The van der Waals surface area contributed by atoms with E-state index in [-0.39, 0.29) is 0 Å². The lowest BCUT2D eigenvalue weighted by Crippen LogP contribution is -2.70. The number of halogens is 12. The average Bonchev–Trinajstić information content (AvgIpc) is 2.34. The fourth-order valence-electron chi connectivity index (χ4n) is 1.27. The van der Waals surface area contributed by atoms with E-state index in [2.05, 4.69) is 0 Å². The first-order valence-corrected chi connectivity index (χ1v) is 5.41. The molecule has 0 aromatic rings. The standard InChI is InChI=1S/C9H8F12O2/c10-4(11,2-1-3-22)5(12,13)6(14,15)7(16,17)8(18,19)9(20,21)23/h22-23H,1-3H2. The Morgan fingerprint density at radius 3 is 1.22 bits per heavy atom. The smallest absolute Gasteiger partial charge is 0.396 e. The van der Waals surface area contributed by atoms with Crippen LogP contribution in [0.5, 0.6) is 0 Å². The van der Waals surface area contributed by atoms with Crippen LogP contribution in [0.2, 0.25) is 0 Å². The van der Waals surface area contributed by atoms with Gasteiger partial charge in [0.25, 0.3) is 0 Å².